The van der Waals surface area contributed by atoms with Crippen molar-refractivity contribution in [3.05, 3.63) is 35.7 Å². The molecular formula is C13H12F3NO3. The quantitative estimate of drug-likeness (QED) is 0.927. The van der Waals surface area contributed by atoms with Crippen LogP contribution in [0.2, 0.25) is 0 Å². The summed E-state index contributed by atoms with van der Waals surface area (Å²) in [5, 5.41) is 2.71. The van der Waals surface area contributed by atoms with Gasteiger partial charge < -0.3 is 14.8 Å². The molecule has 0 aliphatic carbocycles. The van der Waals surface area contributed by atoms with E-state index in [1.165, 1.54) is 18.2 Å². The molecule has 0 aromatic heterocycles. The molecule has 1 unspecified atom stereocenters. The van der Waals surface area contributed by atoms with Crippen molar-refractivity contribution in [2.75, 3.05) is 7.05 Å². The van der Waals surface area contributed by atoms with Gasteiger partial charge in [-0.2, -0.15) is 0 Å². The van der Waals surface area contributed by atoms with E-state index in [1.807, 2.05) is 0 Å². The van der Waals surface area contributed by atoms with Gasteiger partial charge in [0.15, 0.2) is 12.0 Å². The molecule has 108 valence electrons. The number of hydrogen-bond donors (Lipinski definition) is 1. The van der Waals surface area contributed by atoms with Gasteiger partial charge in [0, 0.05) is 7.05 Å². The maximum atomic E-state index is 12.2. The van der Waals surface area contributed by atoms with Crippen LogP contribution in [0, 0.1) is 0 Å². The van der Waals surface area contributed by atoms with Gasteiger partial charge in [-0.1, -0.05) is 12.1 Å². The molecule has 1 aliphatic rings. The molecule has 1 aromatic rings. The number of rotatable bonds is 3. The third kappa shape index (κ3) is 2.87. The predicted octanol–water partition coefficient (Wildman–Crippen LogP) is 2.46. The number of hydrogen-bond acceptors (Lipinski definition) is 4. The molecule has 20 heavy (non-hydrogen) atoms. The number of carbonyl (C=O) groups is 1. The molecule has 0 fully saturated rings. The molecule has 0 spiro atoms. The lowest BCUT2D eigenvalue weighted by atomic mass is 10.0. The van der Waals surface area contributed by atoms with Crippen LogP contribution < -0.4 is 10.1 Å². The van der Waals surface area contributed by atoms with E-state index in [-0.39, 0.29) is 23.0 Å². The first-order valence-corrected chi connectivity index (χ1v) is 5.81. The Morgan fingerprint density at radius 1 is 1.35 bits per heavy atom. The van der Waals surface area contributed by atoms with Crippen LogP contribution >= 0.6 is 0 Å². The number of carbonyl (C=O) groups excluding carboxylic acids is 1. The molecular weight excluding hydrogens is 275 g/mol. The van der Waals surface area contributed by atoms with Crippen LogP contribution in [0.4, 0.5) is 13.2 Å². The largest absolute Gasteiger partial charge is 0.573 e. The number of nitrogens with one attached hydrogen (secondary N) is 1. The molecule has 0 radical (unpaired) electrons. The summed E-state index contributed by atoms with van der Waals surface area (Å²) < 4.78 is 45.7. The van der Waals surface area contributed by atoms with Crippen LogP contribution in [0.1, 0.15) is 12.5 Å². The van der Waals surface area contributed by atoms with E-state index in [0.717, 1.165) is 6.07 Å². The Morgan fingerprint density at radius 2 is 2.05 bits per heavy atom. The maximum absolute atomic E-state index is 12.2. The highest BCUT2D eigenvalue weighted by molar-refractivity contribution is 6.24. The summed E-state index contributed by atoms with van der Waals surface area (Å²) in [5.74, 6) is -0.435. The van der Waals surface area contributed by atoms with Gasteiger partial charge in [-0.25, -0.2) is 0 Å². The standard InChI is InChI=1S/C13H12F3NO3/c1-7-11(18)10(12(17-2)19-7)8-4-3-5-9(6-8)20-13(14,15)16/h3-7,17H,1-2H3. The highest BCUT2D eigenvalue weighted by atomic mass is 19.4. The zero-order chi connectivity index (χ0) is 14.9. The number of ether oxygens (including phenoxy) is 2. The van der Waals surface area contributed by atoms with Crippen LogP contribution in [-0.2, 0) is 9.53 Å². The molecule has 1 aromatic carbocycles. The van der Waals surface area contributed by atoms with Crippen LogP contribution in [0.15, 0.2) is 30.1 Å². The minimum Gasteiger partial charge on any atom is -0.467 e. The number of Topliss-reactive ketones (excluding diaryl/α,β-unsaturated/α-hetero) is 1. The van der Waals surface area contributed by atoms with E-state index in [9.17, 15) is 18.0 Å². The van der Waals surface area contributed by atoms with Crippen molar-refractivity contribution in [1.82, 2.24) is 5.32 Å². The van der Waals surface area contributed by atoms with Crippen molar-refractivity contribution in [2.24, 2.45) is 0 Å². The highest BCUT2D eigenvalue weighted by Crippen LogP contribution is 2.31. The summed E-state index contributed by atoms with van der Waals surface area (Å²) in [6, 6.07) is 5.22. The Bertz CT molecular complexity index is 566. The first-order valence-electron chi connectivity index (χ1n) is 5.81. The Hall–Kier alpha value is -2.18. The van der Waals surface area contributed by atoms with E-state index in [0.29, 0.717) is 5.56 Å². The monoisotopic (exact) mass is 287 g/mol. The van der Waals surface area contributed by atoms with E-state index in [4.69, 9.17) is 4.74 Å². The summed E-state index contributed by atoms with van der Waals surface area (Å²) in [4.78, 5) is 12.0. The highest BCUT2D eigenvalue weighted by Gasteiger charge is 2.34. The van der Waals surface area contributed by atoms with Gasteiger partial charge >= 0.3 is 6.36 Å². The van der Waals surface area contributed by atoms with Gasteiger partial charge in [0.25, 0.3) is 0 Å². The molecule has 0 amide bonds. The first kappa shape index (κ1) is 14.2. The van der Waals surface area contributed by atoms with Gasteiger partial charge in [0.2, 0.25) is 5.78 Å². The lowest BCUT2D eigenvalue weighted by molar-refractivity contribution is -0.274. The molecule has 0 saturated carbocycles. The molecule has 7 heteroatoms. The molecule has 0 bridgehead atoms. The van der Waals surface area contributed by atoms with Gasteiger partial charge in [0.05, 0.1) is 5.57 Å². The van der Waals surface area contributed by atoms with Gasteiger partial charge in [-0.05, 0) is 24.6 Å². The first-order chi connectivity index (χ1) is 9.31. The molecule has 2 rings (SSSR count). The number of ketones is 1. The number of benzene rings is 1. The minimum atomic E-state index is -4.78. The Morgan fingerprint density at radius 3 is 2.65 bits per heavy atom. The van der Waals surface area contributed by atoms with E-state index in [1.54, 1.807) is 14.0 Å². The second kappa shape index (κ2) is 5.07. The van der Waals surface area contributed by atoms with Crippen molar-refractivity contribution in [3.8, 4) is 5.75 Å². The molecule has 1 aliphatic heterocycles. The summed E-state index contributed by atoms with van der Waals surface area (Å²) in [6.45, 7) is 1.57. The average Bonchev–Trinajstić information content (AvgIpc) is 2.63. The molecule has 1 N–H and O–H groups in total. The third-order valence-electron chi connectivity index (χ3n) is 2.72. The van der Waals surface area contributed by atoms with Crippen molar-refractivity contribution < 1.29 is 27.4 Å². The zero-order valence-corrected chi connectivity index (χ0v) is 10.7. The SMILES string of the molecule is CNC1=C(c2cccc(OC(F)(F)F)c2)C(=O)C(C)O1. The summed E-state index contributed by atoms with van der Waals surface area (Å²) >= 11 is 0. The Labute approximate surface area is 113 Å². The Balaban J connectivity index is 2.38. The minimum absolute atomic E-state index is 0.215. The van der Waals surface area contributed by atoms with Crippen LogP contribution in [-0.4, -0.2) is 25.3 Å². The van der Waals surface area contributed by atoms with Crippen molar-refractivity contribution in [1.29, 1.82) is 0 Å². The van der Waals surface area contributed by atoms with E-state index in [2.05, 4.69) is 10.1 Å². The van der Waals surface area contributed by atoms with Gasteiger partial charge in [-0.15, -0.1) is 13.2 Å². The number of alkyl halides is 3. The van der Waals surface area contributed by atoms with Crippen molar-refractivity contribution in [3.63, 3.8) is 0 Å². The topological polar surface area (TPSA) is 47.6 Å². The van der Waals surface area contributed by atoms with Crippen LogP contribution in [0.3, 0.4) is 0 Å². The smallest absolute Gasteiger partial charge is 0.467 e. The molecule has 0 saturated heterocycles. The fraction of sp³-hybridized carbons (Fsp3) is 0.308. The summed E-state index contributed by atoms with van der Waals surface area (Å²) in [5.41, 5.74) is 0.526. The second-order valence-corrected chi connectivity index (χ2v) is 4.15. The van der Waals surface area contributed by atoms with Gasteiger partial charge in [0.1, 0.15) is 5.75 Å². The number of halogens is 3. The molecule has 1 atom stereocenters. The summed E-state index contributed by atoms with van der Waals surface area (Å²) in [7, 11) is 1.57. The van der Waals surface area contributed by atoms with Crippen molar-refractivity contribution in [2.45, 2.75) is 19.4 Å². The van der Waals surface area contributed by atoms with E-state index < -0.39 is 12.5 Å². The summed E-state index contributed by atoms with van der Waals surface area (Å²) in [6.07, 6.45) is -5.44. The fourth-order valence-corrected chi connectivity index (χ4v) is 1.91. The normalized spacial score (nSPS) is 19.1. The molecule has 1 heterocycles. The third-order valence-corrected chi connectivity index (χ3v) is 2.72. The van der Waals surface area contributed by atoms with Gasteiger partial charge in [-0.3, -0.25) is 4.79 Å². The van der Waals surface area contributed by atoms with Crippen molar-refractivity contribution >= 4 is 11.4 Å². The maximum Gasteiger partial charge on any atom is 0.573 e. The van der Waals surface area contributed by atoms with E-state index >= 15 is 0 Å². The fourth-order valence-electron chi connectivity index (χ4n) is 1.91. The van der Waals surface area contributed by atoms with Crippen LogP contribution in [0.25, 0.3) is 5.57 Å². The second-order valence-electron chi connectivity index (χ2n) is 4.15. The average molecular weight is 287 g/mol. The Kier molecular flexibility index (Phi) is 3.61. The molecule has 4 nitrogen and oxygen atoms in total. The predicted molar refractivity (Wildman–Crippen MR) is 64.7 cm³/mol. The lowest BCUT2D eigenvalue weighted by Crippen LogP contribution is -2.17. The van der Waals surface area contributed by atoms with Crippen LogP contribution in [0.5, 0.6) is 5.75 Å². The lowest BCUT2D eigenvalue weighted by Gasteiger charge is -2.10. The zero-order valence-electron chi connectivity index (χ0n) is 10.7.